The molecule has 0 saturated carbocycles. The van der Waals surface area contributed by atoms with E-state index in [2.05, 4.69) is 79.1 Å². The van der Waals surface area contributed by atoms with Gasteiger partial charge >= 0.3 is 21.2 Å². The molecular formula is C25H25IO3S. The summed E-state index contributed by atoms with van der Waals surface area (Å²) in [4.78, 5) is -0.178. The molecule has 5 heteroatoms. The molecule has 3 aromatic carbocycles. The van der Waals surface area contributed by atoms with Gasteiger partial charge in [0.2, 0.25) is 3.57 Å². The maximum atomic E-state index is 10.4. The lowest BCUT2D eigenvalue weighted by Gasteiger charge is -2.18. The van der Waals surface area contributed by atoms with Crippen molar-refractivity contribution in [3.63, 3.8) is 0 Å². The van der Waals surface area contributed by atoms with Gasteiger partial charge in [0.1, 0.15) is 10.1 Å². The number of benzene rings is 3. The highest BCUT2D eigenvalue weighted by atomic mass is 127. The minimum Gasteiger partial charge on any atom is -0.744 e. The minimum atomic E-state index is -4.27. The summed E-state index contributed by atoms with van der Waals surface area (Å²) in [5.41, 5.74) is 3.61. The maximum absolute atomic E-state index is 10.4. The van der Waals surface area contributed by atoms with Crippen molar-refractivity contribution >= 4 is 10.1 Å². The van der Waals surface area contributed by atoms with Crippen LogP contribution in [0.2, 0.25) is 0 Å². The van der Waals surface area contributed by atoms with E-state index in [9.17, 15) is 13.0 Å². The Labute approximate surface area is 190 Å². The topological polar surface area (TPSA) is 57.2 Å². The molecule has 0 aliphatic rings. The first-order valence-electron chi connectivity index (χ1n) is 9.39. The summed E-state index contributed by atoms with van der Waals surface area (Å²) in [7, 11) is -4.27. The van der Waals surface area contributed by atoms with Gasteiger partial charge in [-0.1, -0.05) is 68.8 Å². The molecule has 0 aliphatic carbocycles. The highest BCUT2D eigenvalue weighted by molar-refractivity contribution is 7.85. The van der Waals surface area contributed by atoms with Crippen molar-refractivity contribution < 1.29 is 34.2 Å². The van der Waals surface area contributed by atoms with Crippen LogP contribution in [0.5, 0.6) is 0 Å². The van der Waals surface area contributed by atoms with Gasteiger partial charge in [-0.2, -0.15) is 0 Å². The van der Waals surface area contributed by atoms with Gasteiger partial charge in [-0.3, -0.25) is 0 Å². The molecule has 0 aromatic heterocycles. The Balaban J connectivity index is 0.000000248. The zero-order valence-electron chi connectivity index (χ0n) is 17.5. The second-order valence-corrected chi connectivity index (χ2v) is 11.4. The Bertz CT molecular complexity index is 1100. The highest BCUT2D eigenvalue weighted by Gasteiger charge is 2.12. The van der Waals surface area contributed by atoms with E-state index in [1.165, 1.54) is 21.3 Å². The van der Waals surface area contributed by atoms with Crippen LogP contribution >= 0.6 is 0 Å². The zero-order valence-corrected chi connectivity index (χ0v) is 20.5. The van der Waals surface area contributed by atoms with Crippen molar-refractivity contribution in [1.29, 1.82) is 0 Å². The van der Waals surface area contributed by atoms with Crippen LogP contribution in [0.1, 0.15) is 37.5 Å². The fourth-order valence-corrected chi connectivity index (χ4v) is 4.37. The van der Waals surface area contributed by atoms with E-state index in [0.29, 0.717) is 0 Å². The summed E-state index contributed by atoms with van der Waals surface area (Å²) < 4.78 is 35.9. The first-order chi connectivity index (χ1) is 14.1. The Morgan fingerprint density at radius 2 is 1.40 bits per heavy atom. The molecule has 3 nitrogen and oxygen atoms in total. The third-order valence-corrected chi connectivity index (χ3v) is 6.87. The van der Waals surface area contributed by atoms with E-state index in [1.54, 1.807) is 12.1 Å². The fourth-order valence-electron chi connectivity index (χ4n) is 2.37. The summed E-state index contributed by atoms with van der Waals surface area (Å²) in [6.07, 6.45) is 0. The van der Waals surface area contributed by atoms with Crippen molar-refractivity contribution in [1.82, 2.24) is 0 Å². The molecule has 0 bridgehead atoms. The van der Waals surface area contributed by atoms with Gasteiger partial charge in [-0.15, -0.1) is 0 Å². The van der Waals surface area contributed by atoms with Crippen molar-refractivity contribution in [2.24, 2.45) is 0 Å². The first-order valence-corrected chi connectivity index (χ1v) is 13.0. The van der Waals surface area contributed by atoms with Crippen molar-refractivity contribution in [3.8, 4) is 9.85 Å². The smallest absolute Gasteiger partial charge is 0.420 e. The van der Waals surface area contributed by atoms with Crippen LogP contribution in [0, 0.1) is 20.3 Å². The summed E-state index contributed by atoms with van der Waals surface area (Å²) in [6.45, 7) is 8.51. The molecule has 30 heavy (non-hydrogen) atoms. The normalized spacial score (nSPS) is 11.0. The molecule has 0 unspecified atom stereocenters. The SMILES string of the molecule is CC(C)(C)c1ccc(C#C[I+]c2ccccc2)cc1.Cc1ccc(S(=O)(=O)[O-])cc1. The highest BCUT2D eigenvalue weighted by Crippen LogP contribution is 2.21. The quantitative estimate of drug-likeness (QED) is 0.289. The van der Waals surface area contributed by atoms with Crippen LogP contribution in [0.4, 0.5) is 0 Å². The predicted molar refractivity (Wildman–Crippen MR) is 116 cm³/mol. The monoisotopic (exact) mass is 532 g/mol. The average Bonchev–Trinajstić information content (AvgIpc) is 2.69. The molecule has 0 spiro atoms. The van der Waals surface area contributed by atoms with Crippen molar-refractivity contribution in [2.75, 3.05) is 0 Å². The Morgan fingerprint density at radius 1 is 0.833 bits per heavy atom. The standard InChI is InChI=1S/C18H18I.C7H8O3S/c1-18(2,3)16-11-9-15(10-12-16)13-14-19-17-7-5-4-6-8-17;1-6-2-4-7(5-3-6)11(8,9)10/h4-12H,1-3H3;2-5H,1H3,(H,8,9,10)/q+1;/p-1. The van der Waals surface area contributed by atoms with Gasteiger partial charge in [-0.25, -0.2) is 8.42 Å². The minimum absolute atomic E-state index is 0.178. The van der Waals surface area contributed by atoms with E-state index < -0.39 is 10.1 Å². The molecule has 0 N–H and O–H groups in total. The lowest BCUT2D eigenvalue weighted by atomic mass is 9.87. The zero-order chi connectivity index (χ0) is 22.2. The Morgan fingerprint density at radius 3 is 1.90 bits per heavy atom. The Hall–Kier alpha value is -2.14. The molecule has 0 amide bonds. The molecular weight excluding hydrogens is 507 g/mol. The van der Waals surface area contributed by atoms with Crippen molar-refractivity contribution in [2.45, 2.75) is 38.0 Å². The average molecular weight is 532 g/mol. The second-order valence-electron chi connectivity index (χ2n) is 7.70. The van der Waals surface area contributed by atoms with Gasteiger partial charge in [0, 0.05) is 5.56 Å². The maximum Gasteiger partial charge on any atom is 0.420 e. The molecule has 0 fully saturated rings. The summed E-state index contributed by atoms with van der Waals surface area (Å²) in [5, 5.41) is 0. The number of halogens is 1. The molecule has 156 valence electrons. The van der Waals surface area contributed by atoms with Gasteiger partial charge in [-0.05, 0) is 60.2 Å². The number of hydrogen-bond donors (Lipinski definition) is 0. The summed E-state index contributed by atoms with van der Waals surface area (Å²) in [5.74, 6) is 3.27. The largest absolute Gasteiger partial charge is 0.744 e. The van der Waals surface area contributed by atoms with Gasteiger partial charge in [0.25, 0.3) is 0 Å². The number of rotatable bonds is 2. The molecule has 0 radical (unpaired) electrons. The van der Waals surface area contributed by atoms with Gasteiger partial charge in [0.05, 0.1) is 4.90 Å². The van der Waals surface area contributed by atoms with Crippen LogP contribution in [0.3, 0.4) is 0 Å². The molecule has 0 atom stereocenters. The molecule has 0 aliphatic heterocycles. The molecule has 3 aromatic rings. The van der Waals surface area contributed by atoms with Crippen LogP contribution in [0.15, 0.2) is 83.8 Å². The number of aryl methyl sites for hydroxylation is 1. The number of hydrogen-bond acceptors (Lipinski definition) is 3. The Kier molecular flexibility index (Phi) is 8.65. The third kappa shape index (κ3) is 8.31. The van der Waals surface area contributed by atoms with E-state index in [0.717, 1.165) is 11.1 Å². The fraction of sp³-hybridized carbons (Fsp3) is 0.200. The van der Waals surface area contributed by atoms with E-state index in [4.69, 9.17) is 0 Å². The van der Waals surface area contributed by atoms with E-state index in [-0.39, 0.29) is 31.5 Å². The lowest BCUT2D eigenvalue weighted by molar-refractivity contribution is -0.535. The van der Waals surface area contributed by atoms with Crippen LogP contribution in [-0.2, 0) is 15.5 Å². The first kappa shape index (κ1) is 24.1. The molecule has 0 heterocycles. The van der Waals surface area contributed by atoms with E-state index >= 15 is 0 Å². The van der Waals surface area contributed by atoms with E-state index in [1.807, 2.05) is 13.0 Å². The van der Waals surface area contributed by atoms with Crippen LogP contribution in [-0.4, -0.2) is 13.0 Å². The van der Waals surface area contributed by atoms with Crippen molar-refractivity contribution in [3.05, 3.63) is 99.1 Å². The summed E-state index contributed by atoms with van der Waals surface area (Å²) in [6, 6.07) is 24.9. The van der Waals surface area contributed by atoms with Crippen LogP contribution in [0.25, 0.3) is 0 Å². The molecule has 3 rings (SSSR count). The van der Waals surface area contributed by atoms with Gasteiger partial charge in [0.15, 0.2) is 3.93 Å². The molecule has 0 saturated heterocycles. The van der Waals surface area contributed by atoms with Crippen LogP contribution < -0.4 is 21.2 Å². The second kappa shape index (κ2) is 10.8. The third-order valence-electron chi connectivity index (χ3n) is 4.14. The van der Waals surface area contributed by atoms with Gasteiger partial charge < -0.3 is 4.55 Å². The summed E-state index contributed by atoms with van der Waals surface area (Å²) >= 11 is -0.191. The lowest BCUT2D eigenvalue weighted by Crippen LogP contribution is -3.59. The predicted octanol–water partition coefficient (Wildman–Crippen LogP) is 2.15.